The Labute approximate surface area is 175 Å². The van der Waals surface area contributed by atoms with Gasteiger partial charge in [0.15, 0.2) is 0 Å². The van der Waals surface area contributed by atoms with Gasteiger partial charge >= 0.3 is 0 Å². The van der Waals surface area contributed by atoms with Crippen molar-refractivity contribution < 1.29 is 18.0 Å². The Bertz CT molecular complexity index is 991. The van der Waals surface area contributed by atoms with Gasteiger partial charge in [-0.1, -0.05) is 18.5 Å². The minimum Gasteiger partial charge on any atom is -0.326 e. The van der Waals surface area contributed by atoms with Gasteiger partial charge in [-0.25, -0.2) is 8.42 Å². The molecule has 1 unspecified atom stereocenters. The summed E-state index contributed by atoms with van der Waals surface area (Å²) in [5.74, 6) is -0.797. The third-order valence-corrected chi connectivity index (χ3v) is 6.28. The second-order valence-corrected chi connectivity index (χ2v) is 9.15. The van der Waals surface area contributed by atoms with Crippen LogP contribution in [-0.4, -0.2) is 32.5 Å². The first-order valence-corrected chi connectivity index (χ1v) is 11.3. The fourth-order valence-electron chi connectivity index (χ4n) is 3.12. The lowest BCUT2D eigenvalue weighted by molar-refractivity contribution is -0.122. The molecule has 0 aromatic heterocycles. The van der Waals surface area contributed by atoms with E-state index in [0.29, 0.717) is 35.1 Å². The summed E-state index contributed by atoms with van der Waals surface area (Å²) in [5.41, 5.74) is 1.67. The molecule has 29 heavy (non-hydrogen) atoms. The number of nitrogens with one attached hydrogen (secondary N) is 2. The van der Waals surface area contributed by atoms with Crippen LogP contribution in [0.1, 0.15) is 19.8 Å². The molecule has 0 spiro atoms. The molecule has 1 heterocycles. The van der Waals surface area contributed by atoms with E-state index in [4.69, 9.17) is 11.6 Å². The quantitative estimate of drug-likeness (QED) is 0.695. The first kappa shape index (κ1) is 21.1. The molecule has 1 atom stereocenters. The molecule has 0 saturated carbocycles. The largest absolute Gasteiger partial charge is 0.326 e. The highest BCUT2D eigenvalue weighted by Gasteiger charge is 2.35. The van der Waals surface area contributed by atoms with E-state index >= 15 is 0 Å². The SMILES string of the molecule is CCCS(=O)(=O)Nc1ccc(NC(=O)C2CC(=O)N(c3ccc(Cl)cc3)C2)cc1. The summed E-state index contributed by atoms with van der Waals surface area (Å²) in [5, 5.41) is 3.36. The van der Waals surface area contributed by atoms with Crippen LogP contribution in [-0.2, 0) is 19.6 Å². The molecule has 2 aromatic carbocycles. The topological polar surface area (TPSA) is 95.6 Å². The average Bonchev–Trinajstić information content (AvgIpc) is 3.05. The van der Waals surface area contributed by atoms with E-state index in [1.54, 1.807) is 60.4 Å². The van der Waals surface area contributed by atoms with Gasteiger partial charge in [0.1, 0.15) is 0 Å². The van der Waals surface area contributed by atoms with Crippen molar-refractivity contribution in [1.82, 2.24) is 0 Å². The molecule has 3 rings (SSSR count). The van der Waals surface area contributed by atoms with Crippen molar-refractivity contribution in [2.45, 2.75) is 19.8 Å². The summed E-state index contributed by atoms with van der Waals surface area (Å²) in [6, 6.07) is 13.3. The number of nitrogens with zero attached hydrogens (tertiary/aromatic N) is 1. The van der Waals surface area contributed by atoms with E-state index in [2.05, 4.69) is 10.0 Å². The van der Waals surface area contributed by atoms with E-state index in [1.165, 1.54) is 0 Å². The Morgan fingerprint density at radius 3 is 2.34 bits per heavy atom. The summed E-state index contributed by atoms with van der Waals surface area (Å²) in [4.78, 5) is 26.4. The van der Waals surface area contributed by atoms with Gasteiger partial charge in [-0.15, -0.1) is 0 Å². The maximum Gasteiger partial charge on any atom is 0.232 e. The van der Waals surface area contributed by atoms with Gasteiger partial charge in [-0.05, 0) is 55.0 Å². The smallest absolute Gasteiger partial charge is 0.232 e. The monoisotopic (exact) mass is 435 g/mol. The first-order valence-electron chi connectivity index (χ1n) is 9.25. The number of benzene rings is 2. The zero-order valence-corrected chi connectivity index (χ0v) is 17.5. The fraction of sp³-hybridized carbons (Fsp3) is 0.300. The molecule has 0 radical (unpaired) electrons. The minimum absolute atomic E-state index is 0.0469. The Morgan fingerprint density at radius 1 is 1.10 bits per heavy atom. The average molecular weight is 436 g/mol. The highest BCUT2D eigenvalue weighted by Crippen LogP contribution is 2.27. The number of anilines is 3. The van der Waals surface area contributed by atoms with Crippen molar-refractivity contribution >= 4 is 50.5 Å². The third kappa shape index (κ3) is 5.48. The Morgan fingerprint density at radius 2 is 1.72 bits per heavy atom. The Balaban J connectivity index is 1.60. The number of carbonyl (C=O) groups is 2. The first-order chi connectivity index (χ1) is 13.8. The summed E-state index contributed by atoms with van der Waals surface area (Å²) in [6.45, 7) is 2.08. The van der Waals surface area contributed by atoms with E-state index in [9.17, 15) is 18.0 Å². The molecule has 2 N–H and O–H groups in total. The van der Waals surface area contributed by atoms with Gasteiger partial charge in [0.05, 0.1) is 11.7 Å². The van der Waals surface area contributed by atoms with Crippen LogP contribution >= 0.6 is 11.6 Å². The standard InChI is InChI=1S/C20H22ClN3O4S/c1-2-11-29(27,28)23-17-7-5-16(6-8-17)22-20(26)14-12-19(25)24(13-14)18-9-3-15(21)4-10-18/h3-10,14,23H,2,11-13H2,1H3,(H,22,26). The second-order valence-electron chi connectivity index (χ2n) is 6.87. The van der Waals surface area contributed by atoms with Crippen molar-refractivity contribution in [3.63, 3.8) is 0 Å². The molecule has 1 aliphatic rings. The molecule has 7 nitrogen and oxygen atoms in total. The lowest BCUT2D eigenvalue weighted by Gasteiger charge is -2.17. The fourth-order valence-corrected chi connectivity index (χ4v) is 4.38. The summed E-state index contributed by atoms with van der Waals surface area (Å²) < 4.78 is 26.1. The molecular weight excluding hydrogens is 414 g/mol. The van der Waals surface area contributed by atoms with Gasteiger partial charge in [0, 0.05) is 35.1 Å². The third-order valence-electron chi connectivity index (χ3n) is 4.53. The van der Waals surface area contributed by atoms with E-state index in [-0.39, 0.29) is 24.0 Å². The minimum atomic E-state index is -3.36. The van der Waals surface area contributed by atoms with Crippen LogP contribution in [0.15, 0.2) is 48.5 Å². The highest BCUT2D eigenvalue weighted by molar-refractivity contribution is 7.92. The van der Waals surface area contributed by atoms with E-state index in [0.717, 1.165) is 0 Å². The number of amides is 2. The highest BCUT2D eigenvalue weighted by atomic mass is 35.5. The van der Waals surface area contributed by atoms with Crippen LogP contribution in [0.2, 0.25) is 5.02 Å². The van der Waals surface area contributed by atoms with Crippen LogP contribution in [0.4, 0.5) is 17.1 Å². The molecular formula is C20H22ClN3O4S. The predicted molar refractivity (Wildman–Crippen MR) is 115 cm³/mol. The van der Waals surface area contributed by atoms with Crippen LogP contribution < -0.4 is 14.9 Å². The zero-order chi connectivity index (χ0) is 21.0. The normalized spacial score (nSPS) is 16.7. The lowest BCUT2D eigenvalue weighted by atomic mass is 10.1. The van der Waals surface area contributed by atoms with Gasteiger partial charge in [0.25, 0.3) is 0 Å². The Hall–Kier alpha value is -2.58. The lowest BCUT2D eigenvalue weighted by Crippen LogP contribution is -2.28. The molecule has 9 heteroatoms. The van der Waals surface area contributed by atoms with E-state index < -0.39 is 15.9 Å². The summed E-state index contributed by atoms with van der Waals surface area (Å²) >= 11 is 5.88. The van der Waals surface area contributed by atoms with Gasteiger partial charge in [-0.2, -0.15) is 0 Å². The molecule has 2 amide bonds. The molecule has 1 aliphatic heterocycles. The van der Waals surface area contributed by atoms with Crippen molar-refractivity contribution in [2.75, 3.05) is 27.2 Å². The van der Waals surface area contributed by atoms with Crippen LogP contribution in [0.3, 0.4) is 0 Å². The van der Waals surface area contributed by atoms with Gasteiger partial charge in [0.2, 0.25) is 21.8 Å². The summed E-state index contributed by atoms with van der Waals surface area (Å²) in [7, 11) is -3.36. The zero-order valence-electron chi connectivity index (χ0n) is 15.9. The molecule has 0 aliphatic carbocycles. The Kier molecular flexibility index (Phi) is 6.44. The number of rotatable bonds is 7. The molecule has 0 bridgehead atoms. The van der Waals surface area contributed by atoms with Crippen molar-refractivity contribution in [2.24, 2.45) is 5.92 Å². The number of hydrogen-bond donors (Lipinski definition) is 2. The predicted octanol–water partition coefficient (Wildman–Crippen LogP) is 3.48. The van der Waals surface area contributed by atoms with Crippen molar-refractivity contribution in [3.8, 4) is 0 Å². The number of halogens is 1. The second kappa shape index (κ2) is 8.84. The molecule has 1 saturated heterocycles. The number of hydrogen-bond acceptors (Lipinski definition) is 4. The van der Waals surface area contributed by atoms with Crippen LogP contribution in [0.5, 0.6) is 0 Å². The molecule has 2 aromatic rings. The van der Waals surface area contributed by atoms with Gasteiger partial charge < -0.3 is 10.2 Å². The van der Waals surface area contributed by atoms with Crippen molar-refractivity contribution in [3.05, 3.63) is 53.6 Å². The van der Waals surface area contributed by atoms with Crippen LogP contribution in [0.25, 0.3) is 0 Å². The maximum absolute atomic E-state index is 12.6. The van der Waals surface area contributed by atoms with Crippen LogP contribution in [0, 0.1) is 5.92 Å². The maximum atomic E-state index is 12.6. The molecule has 1 fully saturated rings. The van der Waals surface area contributed by atoms with E-state index in [1.807, 2.05) is 0 Å². The summed E-state index contributed by atoms with van der Waals surface area (Å²) in [6.07, 6.45) is 0.653. The van der Waals surface area contributed by atoms with Gasteiger partial charge in [-0.3, -0.25) is 14.3 Å². The molecule has 154 valence electrons. The number of sulfonamides is 1. The van der Waals surface area contributed by atoms with Crippen molar-refractivity contribution in [1.29, 1.82) is 0 Å². The number of carbonyl (C=O) groups excluding carboxylic acids is 2.